The third kappa shape index (κ3) is 14.1. The van der Waals surface area contributed by atoms with Crippen molar-refractivity contribution in [1.82, 2.24) is 5.32 Å². The standard InChI is InChI=1S/C34H31NO2S2.4Y/c36-34(9-5-4-8-33-22-25-38-39-33)35-23-24-37-32-20-18-31(19-21-32)30-16-14-29(15-17-30)28-12-10-27(11-13-28)26-6-2-1-3-7-26;;;;/h1-3,6,10,12-16,18,20-21,33H,4-5,8-9,22-25H2,(H,35,36);;;;/q-4;;;;. The van der Waals surface area contributed by atoms with Gasteiger partial charge < -0.3 is 10.1 Å². The van der Waals surface area contributed by atoms with E-state index in [1.54, 1.807) is 0 Å². The number of unbranched alkanes of at least 4 members (excludes halogenated alkanes) is 1. The van der Waals surface area contributed by atoms with E-state index in [1.165, 1.54) is 18.6 Å². The normalized spacial score (nSPS) is 13.3. The smallest absolute Gasteiger partial charge is 0.220 e. The summed E-state index contributed by atoms with van der Waals surface area (Å²) in [4.78, 5) is 12.1. The van der Waals surface area contributed by atoms with E-state index >= 15 is 0 Å². The number of hydrogen-bond donors (Lipinski definition) is 1. The van der Waals surface area contributed by atoms with Gasteiger partial charge >= 0.3 is 0 Å². The fourth-order valence-corrected chi connectivity index (χ4v) is 7.47. The zero-order valence-electron chi connectivity index (χ0n) is 24.2. The van der Waals surface area contributed by atoms with Crippen LogP contribution in [0.3, 0.4) is 0 Å². The molecule has 1 saturated heterocycles. The molecule has 5 rings (SSSR count). The molecule has 0 aliphatic carbocycles. The van der Waals surface area contributed by atoms with E-state index in [0.29, 0.717) is 19.6 Å². The van der Waals surface area contributed by atoms with Gasteiger partial charge in [-0.15, -0.1) is 29.3 Å². The molecule has 9 heteroatoms. The van der Waals surface area contributed by atoms with Crippen LogP contribution in [0.25, 0.3) is 33.4 Å². The Morgan fingerprint density at radius 2 is 1.44 bits per heavy atom. The minimum Gasteiger partial charge on any atom is -0.535 e. The summed E-state index contributed by atoms with van der Waals surface area (Å²) in [7, 11) is 3.98. The number of nitrogens with one attached hydrogen (secondary N) is 1. The maximum atomic E-state index is 12.1. The molecule has 1 unspecified atom stereocenters. The van der Waals surface area contributed by atoms with Crippen LogP contribution >= 0.6 is 21.6 Å². The molecule has 0 bridgehead atoms. The summed E-state index contributed by atoms with van der Waals surface area (Å²) in [5.74, 6) is 2.12. The fraction of sp³-hybridized carbons (Fsp3) is 0.265. The van der Waals surface area contributed by atoms with Crippen LogP contribution in [-0.2, 0) is 136 Å². The number of rotatable bonds is 12. The van der Waals surface area contributed by atoms with Crippen molar-refractivity contribution in [3.8, 4) is 39.1 Å². The molecule has 4 radical (unpaired) electrons. The van der Waals surface area contributed by atoms with Gasteiger partial charge in [0.25, 0.3) is 0 Å². The summed E-state index contributed by atoms with van der Waals surface area (Å²) in [5.41, 5.74) is 6.19. The molecule has 1 amide bonds. The van der Waals surface area contributed by atoms with Crippen LogP contribution in [0.4, 0.5) is 0 Å². The van der Waals surface area contributed by atoms with E-state index in [4.69, 9.17) is 4.74 Å². The van der Waals surface area contributed by atoms with Crippen LogP contribution in [0.1, 0.15) is 32.1 Å². The Hall–Kier alpha value is 1.27. The second-order valence-electron chi connectivity index (χ2n) is 9.47. The molecular weight excluding hydrogens is 874 g/mol. The first-order chi connectivity index (χ1) is 19.2. The summed E-state index contributed by atoms with van der Waals surface area (Å²) in [5, 5.41) is 3.74. The van der Waals surface area contributed by atoms with E-state index < -0.39 is 0 Å². The van der Waals surface area contributed by atoms with Gasteiger partial charge in [0.2, 0.25) is 5.91 Å². The van der Waals surface area contributed by atoms with Gasteiger partial charge in [0.1, 0.15) is 0 Å². The monoisotopic (exact) mass is 905 g/mol. The first-order valence-electron chi connectivity index (χ1n) is 13.5. The summed E-state index contributed by atoms with van der Waals surface area (Å²) >= 11 is 0. The van der Waals surface area contributed by atoms with E-state index in [0.717, 1.165) is 57.2 Å². The van der Waals surface area contributed by atoms with Crippen molar-refractivity contribution in [2.75, 3.05) is 18.9 Å². The number of carbonyl (C=O) groups is 1. The molecule has 4 aromatic carbocycles. The zero-order chi connectivity index (χ0) is 26.7. The largest absolute Gasteiger partial charge is 0.535 e. The Bertz CT molecular complexity index is 1320. The van der Waals surface area contributed by atoms with Crippen LogP contribution in [0, 0.1) is 24.3 Å². The maximum Gasteiger partial charge on any atom is 0.220 e. The van der Waals surface area contributed by atoms with Crippen molar-refractivity contribution in [2.24, 2.45) is 0 Å². The van der Waals surface area contributed by atoms with Crippen molar-refractivity contribution >= 4 is 27.5 Å². The molecule has 43 heavy (non-hydrogen) atoms. The molecule has 0 spiro atoms. The molecule has 0 aromatic heterocycles. The van der Waals surface area contributed by atoms with Gasteiger partial charge in [0.05, 0.1) is 13.2 Å². The molecule has 3 nitrogen and oxygen atoms in total. The van der Waals surface area contributed by atoms with Crippen molar-refractivity contribution in [3.63, 3.8) is 0 Å². The SMILES string of the molecule is O=C(CCCCC1CCSS1)NCCOc1c[c-]c(-c2[c-]cc(-c3c[c-]c(-c4[c-]cccc4)cc3)cc2)cc1.[Y].[Y].[Y].[Y]. The topological polar surface area (TPSA) is 38.3 Å². The predicted octanol–water partition coefficient (Wildman–Crippen LogP) is 8.09. The van der Waals surface area contributed by atoms with Crippen molar-refractivity contribution < 1.29 is 140 Å². The quantitative estimate of drug-likeness (QED) is 0.0888. The van der Waals surface area contributed by atoms with Gasteiger partial charge in [-0.1, -0.05) is 28.0 Å². The third-order valence-corrected chi connectivity index (χ3v) is 9.64. The Morgan fingerprint density at radius 3 is 1.98 bits per heavy atom. The van der Waals surface area contributed by atoms with Crippen LogP contribution in [-0.4, -0.2) is 30.1 Å². The molecule has 1 aliphatic rings. The summed E-state index contributed by atoms with van der Waals surface area (Å²) < 4.78 is 5.79. The van der Waals surface area contributed by atoms with Gasteiger partial charge in [0.15, 0.2) is 0 Å². The summed E-state index contributed by atoms with van der Waals surface area (Å²) in [6, 6.07) is 39.3. The average Bonchev–Trinajstić information content (AvgIpc) is 3.52. The van der Waals surface area contributed by atoms with E-state index in [9.17, 15) is 4.79 Å². The number of hydrogen-bond acceptors (Lipinski definition) is 4. The van der Waals surface area contributed by atoms with Gasteiger partial charge in [-0.2, -0.15) is 84.9 Å². The van der Waals surface area contributed by atoms with Gasteiger partial charge in [-0.25, -0.2) is 22.3 Å². The third-order valence-electron chi connectivity index (χ3n) is 6.63. The van der Waals surface area contributed by atoms with Gasteiger partial charge in [-0.3, -0.25) is 4.79 Å². The molecule has 1 heterocycles. The number of ether oxygens (including phenoxy) is 1. The average molecular weight is 905 g/mol. The predicted molar refractivity (Wildman–Crippen MR) is 164 cm³/mol. The van der Waals surface area contributed by atoms with Crippen molar-refractivity contribution in [3.05, 3.63) is 103 Å². The maximum absolute atomic E-state index is 12.1. The van der Waals surface area contributed by atoms with E-state index in [2.05, 4.69) is 53.8 Å². The Balaban J connectivity index is 0.00000231. The fourth-order valence-electron chi connectivity index (χ4n) is 4.44. The van der Waals surface area contributed by atoms with Crippen molar-refractivity contribution in [1.29, 1.82) is 0 Å². The first kappa shape index (κ1) is 42.3. The molecule has 1 N–H and O–H groups in total. The van der Waals surface area contributed by atoms with Gasteiger partial charge in [0, 0.05) is 154 Å². The molecule has 0 saturated carbocycles. The molecule has 4 aromatic rings. The number of benzene rings is 4. The molecule has 212 valence electrons. The molecular formula is C34H31NO2S2Y4-4. The van der Waals surface area contributed by atoms with Crippen LogP contribution < -0.4 is 10.1 Å². The Kier molecular flexibility index (Phi) is 23.2. The summed E-state index contributed by atoms with van der Waals surface area (Å²) in [6.07, 6.45) is 5.22. The Morgan fingerprint density at radius 1 is 0.791 bits per heavy atom. The van der Waals surface area contributed by atoms with E-state index in [1.807, 2.05) is 76.2 Å². The first-order valence-corrected chi connectivity index (χ1v) is 15.8. The molecule has 1 atom stereocenters. The summed E-state index contributed by atoms with van der Waals surface area (Å²) in [6.45, 7) is 0.945. The Labute approximate surface area is 365 Å². The second-order valence-corrected chi connectivity index (χ2v) is 12.3. The number of carbonyl (C=O) groups excluding carboxylic acids is 1. The minimum atomic E-state index is 0. The zero-order valence-corrected chi connectivity index (χ0v) is 37.2. The van der Waals surface area contributed by atoms with Crippen LogP contribution in [0.15, 0.2) is 78.9 Å². The number of amides is 1. The second kappa shape index (κ2) is 23.6. The molecule has 1 aliphatic heterocycles. The minimum absolute atomic E-state index is 0. The van der Waals surface area contributed by atoms with Crippen molar-refractivity contribution in [2.45, 2.75) is 37.4 Å². The van der Waals surface area contributed by atoms with Gasteiger partial charge in [-0.05, 0) is 19.3 Å². The molecule has 1 fully saturated rings. The van der Waals surface area contributed by atoms with Crippen LogP contribution in [0.5, 0.6) is 5.75 Å². The van der Waals surface area contributed by atoms with Crippen LogP contribution in [0.2, 0.25) is 0 Å². The van der Waals surface area contributed by atoms with E-state index in [-0.39, 0.29) is 137 Å².